The Bertz CT molecular complexity index is 661. The van der Waals surface area contributed by atoms with Crippen LogP contribution in [0.15, 0.2) is 33.5 Å². The fourth-order valence-electron chi connectivity index (χ4n) is 1.74. The van der Waals surface area contributed by atoms with E-state index in [1.807, 2.05) is 31.2 Å². The lowest BCUT2D eigenvalue weighted by Crippen LogP contribution is -2.24. The summed E-state index contributed by atoms with van der Waals surface area (Å²) >= 11 is 10.5. The van der Waals surface area contributed by atoms with Gasteiger partial charge in [0.05, 0.1) is 5.25 Å². The second-order valence-corrected chi connectivity index (χ2v) is 9.49. The molecular weight excluding hydrogens is 382 g/mol. The summed E-state index contributed by atoms with van der Waals surface area (Å²) < 4.78 is 0.886. The van der Waals surface area contributed by atoms with Crippen molar-refractivity contribution < 1.29 is 4.79 Å². The molecule has 24 heavy (non-hydrogen) atoms. The van der Waals surface area contributed by atoms with Crippen molar-refractivity contribution in [3.63, 3.8) is 0 Å². The van der Waals surface area contributed by atoms with Crippen LogP contribution in [0.3, 0.4) is 0 Å². The first-order valence-electron chi connectivity index (χ1n) is 7.67. The number of carbonyl (C=O) groups is 1. The molecule has 130 valence electrons. The first-order chi connectivity index (χ1) is 11.5. The number of carbonyl (C=O) groups excluding carboxylic acids is 1. The SMILES string of the molecule is CCC(Sc1ccc(Cl)cc1)C(=O)Nc1nnc(SCC(C)C)s1. The van der Waals surface area contributed by atoms with E-state index < -0.39 is 0 Å². The Morgan fingerprint density at radius 2 is 2.00 bits per heavy atom. The van der Waals surface area contributed by atoms with Crippen LogP contribution in [0.1, 0.15) is 27.2 Å². The monoisotopic (exact) mass is 401 g/mol. The molecule has 0 aliphatic heterocycles. The van der Waals surface area contributed by atoms with E-state index in [0.717, 1.165) is 21.4 Å². The van der Waals surface area contributed by atoms with E-state index in [-0.39, 0.29) is 11.2 Å². The predicted octanol–water partition coefficient (Wildman–Crippen LogP) is 5.45. The lowest BCUT2D eigenvalue weighted by atomic mass is 10.3. The van der Waals surface area contributed by atoms with Crippen molar-refractivity contribution >= 4 is 57.5 Å². The molecule has 0 saturated carbocycles. The van der Waals surface area contributed by atoms with Crippen LogP contribution in [-0.2, 0) is 4.79 Å². The van der Waals surface area contributed by atoms with E-state index in [1.165, 1.54) is 23.1 Å². The van der Waals surface area contributed by atoms with Crippen molar-refractivity contribution in [3.8, 4) is 0 Å². The second-order valence-electron chi connectivity index (χ2n) is 5.54. The van der Waals surface area contributed by atoms with Gasteiger partial charge in [-0.05, 0) is 36.6 Å². The van der Waals surface area contributed by atoms with Gasteiger partial charge >= 0.3 is 0 Å². The van der Waals surface area contributed by atoms with Crippen LogP contribution in [0.2, 0.25) is 5.02 Å². The van der Waals surface area contributed by atoms with E-state index in [1.54, 1.807) is 11.8 Å². The molecule has 0 spiro atoms. The number of nitrogens with zero attached hydrogens (tertiary/aromatic N) is 2. The molecule has 1 heterocycles. The molecule has 1 atom stereocenters. The first kappa shape index (κ1) is 19.6. The van der Waals surface area contributed by atoms with Gasteiger partial charge in [-0.2, -0.15) is 0 Å². The van der Waals surface area contributed by atoms with Gasteiger partial charge in [0.15, 0.2) is 4.34 Å². The van der Waals surface area contributed by atoms with Crippen molar-refractivity contribution in [1.29, 1.82) is 0 Å². The van der Waals surface area contributed by atoms with Crippen LogP contribution in [0.4, 0.5) is 5.13 Å². The highest BCUT2D eigenvalue weighted by Crippen LogP contribution is 2.30. The smallest absolute Gasteiger partial charge is 0.239 e. The van der Waals surface area contributed by atoms with E-state index >= 15 is 0 Å². The molecule has 1 amide bonds. The lowest BCUT2D eigenvalue weighted by Gasteiger charge is -2.13. The Balaban J connectivity index is 1.92. The summed E-state index contributed by atoms with van der Waals surface area (Å²) in [6.45, 7) is 6.32. The molecule has 0 radical (unpaired) electrons. The Hall–Kier alpha value is -0.760. The first-order valence-corrected chi connectivity index (χ1v) is 10.7. The van der Waals surface area contributed by atoms with Crippen molar-refractivity contribution in [1.82, 2.24) is 10.2 Å². The average molecular weight is 402 g/mol. The molecule has 1 unspecified atom stereocenters. The third-order valence-corrected chi connectivity index (χ3v) is 6.96. The highest BCUT2D eigenvalue weighted by Gasteiger charge is 2.19. The van der Waals surface area contributed by atoms with Gasteiger partial charge in [0.1, 0.15) is 0 Å². The minimum Gasteiger partial charge on any atom is -0.300 e. The molecule has 0 bridgehead atoms. The summed E-state index contributed by atoms with van der Waals surface area (Å²) in [5, 5.41) is 12.1. The maximum Gasteiger partial charge on any atom is 0.239 e. The zero-order valence-corrected chi connectivity index (χ0v) is 17.0. The Morgan fingerprint density at radius 3 is 2.62 bits per heavy atom. The molecule has 1 aromatic carbocycles. The maximum absolute atomic E-state index is 12.5. The van der Waals surface area contributed by atoms with Gasteiger partial charge in [-0.3, -0.25) is 10.1 Å². The topological polar surface area (TPSA) is 54.9 Å². The van der Waals surface area contributed by atoms with Crippen molar-refractivity contribution in [2.75, 3.05) is 11.1 Å². The lowest BCUT2D eigenvalue weighted by molar-refractivity contribution is -0.115. The summed E-state index contributed by atoms with van der Waals surface area (Å²) in [4.78, 5) is 13.5. The number of rotatable bonds is 8. The summed E-state index contributed by atoms with van der Waals surface area (Å²) in [6, 6.07) is 7.51. The van der Waals surface area contributed by atoms with Gasteiger partial charge < -0.3 is 0 Å². The molecule has 1 aromatic heterocycles. The van der Waals surface area contributed by atoms with Crippen LogP contribution < -0.4 is 5.32 Å². The van der Waals surface area contributed by atoms with Crippen LogP contribution in [0, 0.1) is 5.92 Å². The number of halogens is 1. The van der Waals surface area contributed by atoms with Gasteiger partial charge in [0.2, 0.25) is 11.0 Å². The van der Waals surface area contributed by atoms with Gasteiger partial charge in [0.25, 0.3) is 0 Å². The normalized spacial score (nSPS) is 12.4. The average Bonchev–Trinajstić information content (AvgIpc) is 2.99. The van der Waals surface area contributed by atoms with E-state index in [0.29, 0.717) is 16.1 Å². The zero-order valence-electron chi connectivity index (χ0n) is 13.8. The van der Waals surface area contributed by atoms with Crippen LogP contribution in [0.25, 0.3) is 0 Å². The largest absolute Gasteiger partial charge is 0.300 e. The molecule has 2 rings (SSSR count). The van der Waals surface area contributed by atoms with Crippen molar-refractivity contribution in [2.45, 2.75) is 41.7 Å². The molecule has 1 N–H and O–H groups in total. The Morgan fingerprint density at radius 1 is 1.29 bits per heavy atom. The molecule has 8 heteroatoms. The highest BCUT2D eigenvalue weighted by molar-refractivity contribution is 8.01. The van der Waals surface area contributed by atoms with Crippen molar-refractivity contribution in [2.24, 2.45) is 5.92 Å². The van der Waals surface area contributed by atoms with E-state index in [9.17, 15) is 4.79 Å². The summed E-state index contributed by atoms with van der Waals surface area (Å²) in [6.07, 6.45) is 0.729. The molecule has 0 aliphatic carbocycles. The number of thioether (sulfide) groups is 2. The third kappa shape index (κ3) is 6.27. The minimum atomic E-state index is -0.179. The van der Waals surface area contributed by atoms with Crippen LogP contribution in [-0.4, -0.2) is 27.1 Å². The Labute approximate surface area is 160 Å². The van der Waals surface area contributed by atoms with Gasteiger partial charge in [-0.15, -0.1) is 22.0 Å². The van der Waals surface area contributed by atoms with Gasteiger partial charge in [0, 0.05) is 15.7 Å². The zero-order chi connectivity index (χ0) is 17.5. The molecule has 4 nitrogen and oxygen atoms in total. The number of hydrogen-bond acceptors (Lipinski definition) is 6. The fraction of sp³-hybridized carbons (Fsp3) is 0.438. The molecule has 2 aromatic rings. The van der Waals surface area contributed by atoms with Crippen LogP contribution in [0.5, 0.6) is 0 Å². The third-order valence-electron chi connectivity index (χ3n) is 2.93. The highest BCUT2D eigenvalue weighted by atomic mass is 35.5. The number of amides is 1. The molecule has 0 saturated heterocycles. The van der Waals surface area contributed by atoms with Gasteiger partial charge in [-0.25, -0.2) is 0 Å². The number of benzene rings is 1. The number of anilines is 1. The van der Waals surface area contributed by atoms with Crippen LogP contribution >= 0.6 is 46.5 Å². The van der Waals surface area contributed by atoms with Gasteiger partial charge in [-0.1, -0.05) is 55.5 Å². The predicted molar refractivity (Wildman–Crippen MR) is 105 cm³/mol. The summed E-state index contributed by atoms with van der Waals surface area (Å²) in [5.41, 5.74) is 0. The number of nitrogens with one attached hydrogen (secondary N) is 1. The molecule has 0 aliphatic rings. The number of aromatic nitrogens is 2. The minimum absolute atomic E-state index is 0.0472. The van der Waals surface area contributed by atoms with E-state index in [4.69, 9.17) is 11.6 Å². The number of hydrogen-bond donors (Lipinski definition) is 1. The van der Waals surface area contributed by atoms with E-state index in [2.05, 4.69) is 29.4 Å². The molecule has 0 fully saturated rings. The maximum atomic E-state index is 12.5. The van der Waals surface area contributed by atoms with Crippen molar-refractivity contribution in [3.05, 3.63) is 29.3 Å². The molecular formula is C16H20ClN3OS3. The fourth-order valence-corrected chi connectivity index (χ4v) is 4.55. The standard InChI is InChI=1S/C16H20ClN3OS3/c1-4-13(23-12-7-5-11(17)6-8-12)14(21)18-15-19-20-16(24-15)22-9-10(2)3/h5-8,10,13H,4,9H2,1-3H3,(H,18,19,21). The second kappa shape index (κ2) is 9.65. The summed E-state index contributed by atoms with van der Waals surface area (Å²) in [7, 11) is 0. The quantitative estimate of drug-likeness (QED) is 0.470. The Kier molecular flexibility index (Phi) is 7.87. The summed E-state index contributed by atoms with van der Waals surface area (Å²) in [5.74, 6) is 1.54.